The molecule has 1 aromatic rings. The van der Waals surface area contributed by atoms with Crippen LogP contribution in [0.4, 0.5) is 13.2 Å². The lowest BCUT2D eigenvalue weighted by Gasteiger charge is -2.11. The Morgan fingerprint density at radius 1 is 1.44 bits per heavy atom. The molecule has 0 saturated heterocycles. The Balaban J connectivity index is 3.11. The summed E-state index contributed by atoms with van der Waals surface area (Å²) in [5.74, 6) is 0. The van der Waals surface area contributed by atoms with Crippen molar-refractivity contribution in [2.45, 2.75) is 12.2 Å². The van der Waals surface area contributed by atoms with Gasteiger partial charge in [-0.25, -0.2) is 0 Å². The molecule has 0 spiro atoms. The summed E-state index contributed by atoms with van der Waals surface area (Å²) in [6, 6.07) is 3.34. The van der Waals surface area contributed by atoms with Crippen molar-refractivity contribution in [1.29, 1.82) is 0 Å². The summed E-state index contributed by atoms with van der Waals surface area (Å²) in [7, 11) is 0. The zero-order chi connectivity index (χ0) is 12.2. The molecule has 4 nitrogen and oxygen atoms in total. The molecular formula is C9H8F3N3O. The van der Waals surface area contributed by atoms with Crippen molar-refractivity contribution in [3.8, 4) is 0 Å². The summed E-state index contributed by atoms with van der Waals surface area (Å²) in [5.41, 5.74) is 7.48. The minimum atomic E-state index is -4.45. The molecule has 0 aromatic heterocycles. The second-order valence-corrected chi connectivity index (χ2v) is 3.03. The number of rotatable bonds is 3. The van der Waals surface area contributed by atoms with Crippen LogP contribution in [0, 0.1) is 0 Å². The average molecular weight is 231 g/mol. The Labute approximate surface area is 89.0 Å². The van der Waals surface area contributed by atoms with Crippen LogP contribution in [0.5, 0.6) is 0 Å². The fraction of sp³-hybridized carbons (Fsp3) is 0.333. The van der Waals surface area contributed by atoms with Crippen LogP contribution in [0.1, 0.15) is 17.2 Å². The van der Waals surface area contributed by atoms with Crippen LogP contribution < -0.4 is 0 Å². The number of halogens is 3. The lowest BCUT2D eigenvalue weighted by Crippen LogP contribution is -2.07. The highest BCUT2D eigenvalue weighted by Gasteiger charge is 2.30. The number of alkyl halides is 3. The first-order chi connectivity index (χ1) is 7.49. The second-order valence-electron chi connectivity index (χ2n) is 3.03. The van der Waals surface area contributed by atoms with Crippen molar-refractivity contribution in [2.75, 3.05) is 6.61 Å². The SMILES string of the molecule is [N-]=[N+]=NC(CO)c1cccc(C(F)(F)F)c1. The van der Waals surface area contributed by atoms with Crippen molar-refractivity contribution in [1.82, 2.24) is 0 Å². The fourth-order valence-electron chi connectivity index (χ4n) is 1.19. The quantitative estimate of drug-likeness (QED) is 0.484. The predicted octanol–water partition coefficient (Wildman–Crippen LogP) is 3.05. The van der Waals surface area contributed by atoms with Crippen molar-refractivity contribution >= 4 is 0 Å². The van der Waals surface area contributed by atoms with Crippen LogP contribution in [-0.2, 0) is 6.18 Å². The Hall–Kier alpha value is -1.72. The van der Waals surface area contributed by atoms with Gasteiger partial charge in [0.05, 0.1) is 18.2 Å². The van der Waals surface area contributed by atoms with Gasteiger partial charge in [0.1, 0.15) is 0 Å². The predicted molar refractivity (Wildman–Crippen MR) is 50.4 cm³/mol. The Morgan fingerprint density at radius 3 is 2.62 bits per heavy atom. The zero-order valence-electron chi connectivity index (χ0n) is 8.02. The second kappa shape index (κ2) is 4.87. The van der Waals surface area contributed by atoms with Crippen molar-refractivity contribution in [3.63, 3.8) is 0 Å². The van der Waals surface area contributed by atoms with E-state index in [4.69, 9.17) is 10.6 Å². The molecule has 1 atom stereocenters. The van der Waals surface area contributed by atoms with Crippen LogP contribution in [0.15, 0.2) is 29.4 Å². The van der Waals surface area contributed by atoms with E-state index in [1.165, 1.54) is 12.1 Å². The monoisotopic (exact) mass is 231 g/mol. The van der Waals surface area contributed by atoms with Gasteiger partial charge in [-0.2, -0.15) is 13.2 Å². The van der Waals surface area contributed by atoms with Crippen molar-refractivity contribution in [3.05, 3.63) is 45.8 Å². The summed E-state index contributed by atoms with van der Waals surface area (Å²) in [5, 5.41) is 12.1. The summed E-state index contributed by atoms with van der Waals surface area (Å²) < 4.78 is 37.1. The van der Waals surface area contributed by atoms with E-state index >= 15 is 0 Å². The van der Waals surface area contributed by atoms with E-state index in [0.29, 0.717) is 0 Å². The minimum absolute atomic E-state index is 0.134. The van der Waals surface area contributed by atoms with Crippen molar-refractivity contribution in [2.24, 2.45) is 5.11 Å². The smallest absolute Gasteiger partial charge is 0.396 e. The number of nitrogens with zero attached hydrogens (tertiary/aromatic N) is 3. The minimum Gasteiger partial charge on any atom is -0.396 e. The van der Waals surface area contributed by atoms with Crippen LogP contribution >= 0.6 is 0 Å². The highest BCUT2D eigenvalue weighted by molar-refractivity contribution is 5.28. The number of hydrogen-bond donors (Lipinski definition) is 1. The van der Waals surface area contributed by atoms with E-state index in [0.717, 1.165) is 12.1 Å². The summed E-state index contributed by atoms with van der Waals surface area (Å²) >= 11 is 0. The third kappa shape index (κ3) is 2.88. The number of benzene rings is 1. The molecule has 0 heterocycles. The first kappa shape index (κ1) is 12.4. The van der Waals surface area contributed by atoms with Gasteiger partial charge in [-0.15, -0.1) is 0 Å². The number of aliphatic hydroxyl groups is 1. The normalized spacial score (nSPS) is 13.0. The molecule has 1 rings (SSSR count). The molecule has 86 valence electrons. The first-order valence-electron chi connectivity index (χ1n) is 4.31. The molecule has 0 amide bonds. The molecule has 0 radical (unpaired) electrons. The molecule has 1 aromatic carbocycles. The van der Waals surface area contributed by atoms with Gasteiger partial charge in [-0.3, -0.25) is 0 Å². The molecule has 0 saturated carbocycles. The van der Waals surface area contributed by atoms with Gasteiger partial charge in [-0.05, 0) is 17.2 Å². The number of hydrogen-bond acceptors (Lipinski definition) is 2. The Morgan fingerprint density at radius 2 is 2.12 bits per heavy atom. The molecular weight excluding hydrogens is 223 g/mol. The average Bonchev–Trinajstić information content (AvgIpc) is 2.25. The summed E-state index contributed by atoms with van der Waals surface area (Å²) in [6.07, 6.45) is -4.45. The van der Waals surface area contributed by atoms with Crippen LogP contribution in [0.25, 0.3) is 10.4 Å². The van der Waals surface area contributed by atoms with Gasteiger partial charge < -0.3 is 5.11 Å². The highest BCUT2D eigenvalue weighted by Crippen LogP contribution is 2.31. The fourth-order valence-corrected chi connectivity index (χ4v) is 1.19. The van der Waals surface area contributed by atoms with E-state index in [-0.39, 0.29) is 5.56 Å². The lowest BCUT2D eigenvalue weighted by atomic mass is 10.0. The van der Waals surface area contributed by atoms with E-state index in [9.17, 15) is 13.2 Å². The van der Waals surface area contributed by atoms with Crippen LogP contribution in [0.2, 0.25) is 0 Å². The molecule has 0 aliphatic carbocycles. The maximum absolute atomic E-state index is 12.4. The molecule has 0 fully saturated rings. The van der Waals surface area contributed by atoms with E-state index in [2.05, 4.69) is 10.0 Å². The number of aliphatic hydroxyl groups excluding tert-OH is 1. The van der Waals surface area contributed by atoms with E-state index < -0.39 is 24.4 Å². The van der Waals surface area contributed by atoms with Crippen LogP contribution in [0.3, 0.4) is 0 Å². The zero-order valence-corrected chi connectivity index (χ0v) is 8.02. The van der Waals surface area contributed by atoms with Gasteiger partial charge in [0.15, 0.2) is 0 Å². The maximum Gasteiger partial charge on any atom is 0.416 e. The van der Waals surface area contributed by atoms with Gasteiger partial charge in [-0.1, -0.05) is 23.3 Å². The van der Waals surface area contributed by atoms with Gasteiger partial charge >= 0.3 is 6.18 Å². The van der Waals surface area contributed by atoms with Gasteiger partial charge in [0.25, 0.3) is 0 Å². The maximum atomic E-state index is 12.4. The van der Waals surface area contributed by atoms with Crippen molar-refractivity contribution < 1.29 is 18.3 Å². The summed E-state index contributed by atoms with van der Waals surface area (Å²) in [4.78, 5) is 2.46. The van der Waals surface area contributed by atoms with E-state index in [1.807, 2.05) is 0 Å². The highest BCUT2D eigenvalue weighted by atomic mass is 19.4. The largest absolute Gasteiger partial charge is 0.416 e. The molecule has 0 aliphatic rings. The third-order valence-corrected chi connectivity index (χ3v) is 1.96. The Kier molecular flexibility index (Phi) is 3.76. The summed E-state index contributed by atoms with van der Waals surface area (Å²) in [6.45, 7) is -0.536. The number of azide groups is 1. The molecule has 1 N–H and O–H groups in total. The lowest BCUT2D eigenvalue weighted by molar-refractivity contribution is -0.137. The van der Waals surface area contributed by atoms with E-state index in [1.54, 1.807) is 0 Å². The topological polar surface area (TPSA) is 69.0 Å². The molecule has 0 aliphatic heterocycles. The molecule has 7 heteroatoms. The van der Waals surface area contributed by atoms with Crippen LogP contribution in [-0.4, -0.2) is 11.7 Å². The molecule has 0 bridgehead atoms. The standard InChI is InChI=1S/C9H8F3N3O/c10-9(11,12)7-3-1-2-6(4-7)8(5-16)14-15-13/h1-4,8,16H,5H2. The van der Waals surface area contributed by atoms with Gasteiger partial charge in [0, 0.05) is 4.91 Å². The third-order valence-electron chi connectivity index (χ3n) is 1.96. The molecule has 16 heavy (non-hydrogen) atoms. The molecule has 1 unspecified atom stereocenters. The van der Waals surface area contributed by atoms with Gasteiger partial charge in [0.2, 0.25) is 0 Å². The Bertz CT molecular complexity index is 413. The first-order valence-corrected chi connectivity index (χ1v) is 4.31.